The van der Waals surface area contributed by atoms with E-state index in [0.717, 1.165) is 26.1 Å². The molecule has 3 N–H and O–H groups in total. The van der Waals surface area contributed by atoms with Crippen molar-refractivity contribution in [2.24, 2.45) is 11.7 Å². The molecular weight excluding hydrogens is 282 g/mol. The molecule has 1 saturated heterocycles. The average Bonchev–Trinajstić information content (AvgIpc) is 2.46. The normalized spacial score (nSPS) is 17.1. The van der Waals surface area contributed by atoms with Gasteiger partial charge in [0.05, 0.1) is 19.8 Å². The van der Waals surface area contributed by atoms with E-state index < -0.39 is 0 Å². The van der Waals surface area contributed by atoms with Crippen LogP contribution in [0, 0.1) is 5.92 Å². The van der Waals surface area contributed by atoms with Crippen LogP contribution in [-0.4, -0.2) is 32.5 Å². The van der Waals surface area contributed by atoms with Gasteiger partial charge in [-0.25, -0.2) is 0 Å². The Labute approximate surface area is 125 Å². The lowest BCUT2D eigenvalue weighted by Gasteiger charge is -2.29. The average molecular weight is 304 g/mol. The van der Waals surface area contributed by atoms with Crippen LogP contribution in [0.2, 0.25) is 0 Å². The monoisotopic (exact) mass is 303 g/mol. The van der Waals surface area contributed by atoms with Crippen molar-refractivity contribution in [1.29, 1.82) is 0 Å². The Morgan fingerprint density at radius 1 is 1.25 bits per heavy atom. The number of benzene rings is 1. The van der Waals surface area contributed by atoms with Crippen molar-refractivity contribution in [2.45, 2.75) is 18.9 Å². The Morgan fingerprint density at radius 3 is 2.45 bits per heavy atom. The third-order valence-electron chi connectivity index (χ3n) is 3.66. The van der Waals surface area contributed by atoms with Crippen LogP contribution in [0.5, 0.6) is 17.2 Å². The van der Waals surface area contributed by atoms with Gasteiger partial charge in [0.2, 0.25) is 0 Å². The molecule has 2 rings (SSSR count). The first-order valence-electron chi connectivity index (χ1n) is 6.45. The molecule has 0 aromatic heterocycles. The van der Waals surface area contributed by atoms with Crippen molar-refractivity contribution < 1.29 is 19.3 Å². The van der Waals surface area contributed by atoms with Crippen molar-refractivity contribution in [3.05, 3.63) is 17.7 Å². The quantitative estimate of drug-likeness (QED) is 0.892. The molecule has 0 amide bonds. The first kappa shape index (κ1) is 16.9. The van der Waals surface area contributed by atoms with Crippen LogP contribution in [0.1, 0.15) is 24.4 Å². The van der Waals surface area contributed by atoms with E-state index in [1.54, 1.807) is 26.4 Å². The molecule has 114 valence electrons. The first-order valence-corrected chi connectivity index (χ1v) is 6.45. The summed E-state index contributed by atoms with van der Waals surface area (Å²) in [5.74, 6) is 1.53. The fourth-order valence-corrected chi connectivity index (χ4v) is 2.52. The number of nitrogens with two attached hydrogens (primary N) is 1. The predicted molar refractivity (Wildman–Crippen MR) is 78.9 cm³/mol. The number of aromatic hydroxyl groups is 1. The maximum absolute atomic E-state index is 10.2. The number of phenolic OH excluding ortho intramolecular Hbond substituents is 1. The molecule has 0 bridgehead atoms. The summed E-state index contributed by atoms with van der Waals surface area (Å²) in [6, 6.07) is 3.05. The Balaban J connectivity index is 0.00000200. The van der Waals surface area contributed by atoms with Gasteiger partial charge in [-0.05, 0) is 18.8 Å². The summed E-state index contributed by atoms with van der Waals surface area (Å²) in [5.41, 5.74) is 6.95. The lowest BCUT2D eigenvalue weighted by molar-refractivity contribution is 0.0578. The van der Waals surface area contributed by atoms with E-state index in [4.69, 9.17) is 19.9 Å². The maximum atomic E-state index is 10.2. The van der Waals surface area contributed by atoms with E-state index in [9.17, 15) is 5.11 Å². The number of methoxy groups -OCH3 is 2. The first-order chi connectivity index (χ1) is 9.17. The molecule has 0 radical (unpaired) electrons. The second-order valence-electron chi connectivity index (χ2n) is 4.74. The highest BCUT2D eigenvalue weighted by atomic mass is 35.5. The molecule has 0 saturated carbocycles. The predicted octanol–water partition coefficient (Wildman–Crippen LogP) is 2.26. The number of ether oxygens (including phenoxy) is 3. The lowest BCUT2D eigenvalue weighted by Crippen LogP contribution is -2.27. The molecular formula is C14H22ClNO4. The second-order valence-corrected chi connectivity index (χ2v) is 4.74. The smallest absolute Gasteiger partial charge is 0.131 e. The summed E-state index contributed by atoms with van der Waals surface area (Å²) in [6.45, 7) is 1.44. The largest absolute Gasteiger partial charge is 0.507 e. The Hall–Kier alpha value is -1.17. The molecule has 20 heavy (non-hydrogen) atoms. The van der Waals surface area contributed by atoms with Crippen LogP contribution in [0.4, 0.5) is 0 Å². The fourth-order valence-electron chi connectivity index (χ4n) is 2.52. The van der Waals surface area contributed by atoms with Crippen LogP contribution < -0.4 is 15.2 Å². The number of hydrogen-bond acceptors (Lipinski definition) is 5. The molecule has 1 fully saturated rings. The van der Waals surface area contributed by atoms with Crippen molar-refractivity contribution >= 4 is 12.4 Å². The Bertz CT molecular complexity index is 435. The van der Waals surface area contributed by atoms with Crippen molar-refractivity contribution in [3.8, 4) is 17.2 Å². The molecule has 1 heterocycles. The summed E-state index contributed by atoms with van der Waals surface area (Å²) in [6.07, 6.45) is 1.80. The summed E-state index contributed by atoms with van der Waals surface area (Å²) in [5, 5.41) is 10.2. The molecule has 6 heteroatoms. The van der Waals surface area contributed by atoms with Gasteiger partial charge in [-0.15, -0.1) is 12.4 Å². The molecule has 1 aliphatic rings. The van der Waals surface area contributed by atoms with Gasteiger partial charge < -0.3 is 25.1 Å². The third-order valence-corrected chi connectivity index (χ3v) is 3.66. The molecule has 1 atom stereocenters. The zero-order valence-electron chi connectivity index (χ0n) is 11.8. The summed E-state index contributed by atoms with van der Waals surface area (Å²) in [4.78, 5) is 0. The SMILES string of the molecule is COc1cc(O)c([C@H](N)C2CCOCC2)c(OC)c1.Cl. The van der Waals surface area contributed by atoms with E-state index in [1.807, 2.05) is 0 Å². The van der Waals surface area contributed by atoms with Crippen molar-refractivity contribution in [1.82, 2.24) is 0 Å². The van der Waals surface area contributed by atoms with Gasteiger partial charge in [0.15, 0.2) is 0 Å². The lowest BCUT2D eigenvalue weighted by atomic mass is 9.87. The molecule has 0 aliphatic carbocycles. The molecule has 5 nitrogen and oxygen atoms in total. The van der Waals surface area contributed by atoms with E-state index in [2.05, 4.69) is 0 Å². The number of rotatable bonds is 4. The van der Waals surface area contributed by atoms with Crippen molar-refractivity contribution in [2.75, 3.05) is 27.4 Å². The summed E-state index contributed by atoms with van der Waals surface area (Å²) >= 11 is 0. The maximum Gasteiger partial charge on any atom is 0.131 e. The zero-order chi connectivity index (χ0) is 13.8. The van der Waals surface area contributed by atoms with Crippen LogP contribution in [0.15, 0.2) is 12.1 Å². The van der Waals surface area contributed by atoms with Gasteiger partial charge in [0, 0.05) is 31.4 Å². The van der Waals surface area contributed by atoms with E-state index in [1.165, 1.54) is 0 Å². The van der Waals surface area contributed by atoms with Crippen molar-refractivity contribution in [3.63, 3.8) is 0 Å². The van der Waals surface area contributed by atoms with Crippen LogP contribution in [0.3, 0.4) is 0 Å². The molecule has 0 unspecified atom stereocenters. The van der Waals surface area contributed by atoms with Gasteiger partial charge in [0.1, 0.15) is 17.2 Å². The minimum Gasteiger partial charge on any atom is -0.507 e. The van der Waals surface area contributed by atoms with E-state index in [-0.39, 0.29) is 24.2 Å². The minimum absolute atomic E-state index is 0. The molecule has 0 spiro atoms. The van der Waals surface area contributed by atoms with Gasteiger partial charge in [-0.3, -0.25) is 0 Å². The van der Waals surface area contributed by atoms with E-state index in [0.29, 0.717) is 23.0 Å². The van der Waals surface area contributed by atoms with Crippen LogP contribution in [-0.2, 0) is 4.74 Å². The second kappa shape index (κ2) is 7.57. The fraction of sp³-hybridized carbons (Fsp3) is 0.571. The van der Waals surface area contributed by atoms with Gasteiger partial charge >= 0.3 is 0 Å². The highest BCUT2D eigenvalue weighted by molar-refractivity contribution is 5.85. The topological polar surface area (TPSA) is 73.9 Å². The highest BCUT2D eigenvalue weighted by Crippen LogP contribution is 2.41. The zero-order valence-corrected chi connectivity index (χ0v) is 12.6. The standard InChI is InChI=1S/C14H21NO4.ClH/c1-17-10-7-11(16)13(12(8-10)18-2)14(15)9-3-5-19-6-4-9;/h7-9,14,16H,3-6,15H2,1-2H3;1H/t14-;/m1./s1. The number of phenols is 1. The number of hydrogen-bond donors (Lipinski definition) is 2. The van der Waals surface area contributed by atoms with Gasteiger partial charge in [0.25, 0.3) is 0 Å². The number of halogens is 1. The molecule has 1 aromatic carbocycles. The molecule has 1 aliphatic heterocycles. The summed E-state index contributed by atoms with van der Waals surface area (Å²) in [7, 11) is 3.11. The summed E-state index contributed by atoms with van der Waals surface area (Å²) < 4.78 is 15.8. The van der Waals surface area contributed by atoms with E-state index >= 15 is 0 Å². The third kappa shape index (κ3) is 3.48. The van der Waals surface area contributed by atoms with Gasteiger partial charge in [-0.1, -0.05) is 0 Å². The Morgan fingerprint density at radius 2 is 1.90 bits per heavy atom. The van der Waals surface area contributed by atoms with Gasteiger partial charge in [-0.2, -0.15) is 0 Å². The minimum atomic E-state index is -0.259. The van der Waals surface area contributed by atoms with Crippen LogP contribution >= 0.6 is 12.4 Å². The Kier molecular flexibility index (Phi) is 6.39. The molecule has 1 aromatic rings. The van der Waals surface area contributed by atoms with Crippen LogP contribution in [0.25, 0.3) is 0 Å². The highest BCUT2D eigenvalue weighted by Gasteiger charge is 2.27.